The van der Waals surface area contributed by atoms with Crippen molar-refractivity contribution in [3.63, 3.8) is 0 Å². The van der Waals surface area contributed by atoms with Crippen LogP contribution in [0.4, 0.5) is 0 Å². The van der Waals surface area contributed by atoms with Crippen LogP contribution in [0.3, 0.4) is 0 Å². The van der Waals surface area contributed by atoms with Crippen LogP contribution in [-0.4, -0.2) is 16.7 Å². The molecule has 2 rings (SSSR count). The molecule has 0 atom stereocenters. The molecule has 0 heterocycles. The summed E-state index contributed by atoms with van der Waals surface area (Å²) in [7, 11) is 0. The number of phenolic OH excluding ortho intramolecular Hbond substituents is 1. The largest absolute Gasteiger partial charge is 0.872 e. The molecule has 0 radical (unpaired) electrons. The summed E-state index contributed by atoms with van der Waals surface area (Å²) in [6.07, 6.45) is 2.08. The molecule has 14 heavy (non-hydrogen) atoms. The summed E-state index contributed by atoms with van der Waals surface area (Å²) in [6, 6.07) is 2.18. The van der Waals surface area contributed by atoms with Crippen molar-refractivity contribution in [2.45, 2.75) is 0 Å². The van der Waals surface area contributed by atoms with Crippen molar-refractivity contribution in [1.82, 2.24) is 0 Å². The minimum Gasteiger partial charge on any atom is -0.872 e. The summed E-state index contributed by atoms with van der Waals surface area (Å²) in [5, 5.41) is 20.6. The molecule has 1 aromatic rings. The second-order valence-electron chi connectivity index (χ2n) is 2.89. The molecule has 0 bridgehead atoms. The number of phenols is 1. The number of allylic oxidation sites excluding steroid dienone is 2. The van der Waals surface area contributed by atoms with E-state index in [0.717, 1.165) is 24.3 Å². The zero-order valence-corrected chi connectivity index (χ0v) is 6.98. The van der Waals surface area contributed by atoms with E-state index in [0.29, 0.717) is 0 Å². The summed E-state index contributed by atoms with van der Waals surface area (Å²) < 4.78 is 0. The summed E-state index contributed by atoms with van der Waals surface area (Å²) in [6.45, 7) is 0. The molecule has 0 amide bonds. The van der Waals surface area contributed by atoms with Crippen LogP contribution in [-0.2, 0) is 0 Å². The third-order valence-electron chi connectivity index (χ3n) is 2.02. The average Bonchev–Trinajstić information content (AvgIpc) is 2.16. The Morgan fingerprint density at radius 2 is 1.57 bits per heavy atom. The van der Waals surface area contributed by atoms with Gasteiger partial charge in [-0.15, -0.1) is 0 Å². The molecule has 0 aromatic heterocycles. The standard InChI is InChI=1S/C10H6O4/c11-5-1-2-6(12)10-8(14)4-3-7(13)9(5)10/h1-4,11-12H/p-1. The molecular weight excluding hydrogens is 184 g/mol. The van der Waals surface area contributed by atoms with Crippen molar-refractivity contribution < 1.29 is 19.8 Å². The van der Waals surface area contributed by atoms with Gasteiger partial charge in [0.2, 0.25) is 0 Å². The van der Waals surface area contributed by atoms with Gasteiger partial charge in [-0.2, -0.15) is 0 Å². The van der Waals surface area contributed by atoms with E-state index in [1.54, 1.807) is 0 Å². The van der Waals surface area contributed by atoms with E-state index >= 15 is 0 Å². The highest BCUT2D eigenvalue weighted by molar-refractivity contribution is 6.24. The summed E-state index contributed by atoms with van der Waals surface area (Å²) in [5.41, 5.74) is -0.428. The van der Waals surface area contributed by atoms with Crippen molar-refractivity contribution in [2.24, 2.45) is 0 Å². The van der Waals surface area contributed by atoms with Crippen molar-refractivity contribution in [1.29, 1.82) is 0 Å². The van der Waals surface area contributed by atoms with Crippen molar-refractivity contribution >= 4 is 11.6 Å². The van der Waals surface area contributed by atoms with Gasteiger partial charge in [-0.25, -0.2) is 0 Å². The van der Waals surface area contributed by atoms with Crippen LogP contribution in [0.25, 0.3) is 0 Å². The fourth-order valence-electron chi connectivity index (χ4n) is 1.38. The Labute approximate surface area is 79.1 Å². The van der Waals surface area contributed by atoms with Gasteiger partial charge >= 0.3 is 0 Å². The fourth-order valence-corrected chi connectivity index (χ4v) is 1.38. The van der Waals surface area contributed by atoms with E-state index in [2.05, 4.69) is 0 Å². The Morgan fingerprint density at radius 1 is 1.00 bits per heavy atom. The predicted molar refractivity (Wildman–Crippen MR) is 45.4 cm³/mol. The van der Waals surface area contributed by atoms with Crippen LogP contribution in [0, 0.1) is 0 Å². The molecule has 1 aliphatic carbocycles. The molecule has 4 heteroatoms. The van der Waals surface area contributed by atoms with Gasteiger partial charge in [0.05, 0.1) is 5.56 Å². The van der Waals surface area contributed by atoms with E-state index in [1.807, 2.05) is 0 Å². The van der Waals surface area contributed by atoms with E-state index in [9.17, 15) is 19.8 Å². The maximum Gasteiger partial charge on any atom is 0.190 e. The van der Waals surface area contributed by atoms with Crippen LogP contribution in [0.2, 0.25) is 0 Å². The number of fused-ring (bicyclic) bond motifs is 1. The van der Waals surface area contributed by atoms with Gasteiger partial charge in [0.1, 0.15) is 5.75 Å². The number of hydrogen-bond acceptors (Lipinski definition) is 4. The van der Waals surface area contributed by atoms with Crippen LogP contribution >= 0.6 is 0 Å². The van der Waals surface area contributed by atoms with Crippen LogP contribution in [0.5, 0.6) is 11.5 Å². The smallest absolute Gasteiger partial charge is 0.190 e. The highest BCUT2D eigenvalue weighted by atomic mass is 16.3. The predicted octanol–water partition coefficient (Wildman–Crippen LogP) is 0.401. The first-order valence-corrected chi connectivity index (χ1v) is 3.91. The van der Waals surface area contributed by atoms with Crippen molar-refractivity contribution in [3.05, 3.63) is 35.4 Å². The average molecular weight is 189 g/mol. The molecular formula is C10H5O4-. The molecule has 0 unspecified atom stereocenters. The topological polar surface area (TPSA) is 77.4 Å². The number of rotatable bonds is 0. The Hall–Kier alpha value is -2.10. The van der Waals surface area contributed by atoms with Gasteiger partial charge in [-0.05, 0) is 18.2 Å². The molecule has 1 N–H and O–H groups in total. The van der Waals surface area contributed by atoms with E-state index in [4.69, 9.17) is 0 Å². The Bertz CT molecular complexity index is 428. The summed E-state index contributed by atoms with van der Waals surface area (Å²) in [4.78, 5) is 22.5. The first kappa shape index (κ1) is 8.50. The Balaban J connectivity index is 2.83. The lowest BCUT2D eigenvalue weighted by molar-refractivity contribution is -0.268. The maximum atomic E-state index is 11.3. The number of benzene rings is 1. The molecule has 0 aliphatic heterocycles. The lowest BCUT2D eigenvalue weighted by Gasteiger charge is -2.17. The second kappa shape index (κ2) is 2.70. The van der Waals surface area contributed by atoms with E-state index in [1.165, 1.54) is 0 Å². The summed E-state index contributed by atoms with van der Waals surface area (Å²) >= 11 is 0. The third kappa shape index (κ3) is 1.01. The number of aromatic hydroxyl groups is 1. The van der Waals surface area contributed by atoms with Gasteiger partial charge < -0.3 is 10.2 Å². The molecule has 1 aromatic carbocycles. The molecule has 0 fully saturated rings. The van der Waals surface area contributed by atoms with Gasteiger partial charge in [-0.1, -0.05) is 11.8 Å². The third-order valence-corrected chi connectivity index (χ3v) is 2.02. The molecule has 0 saturated heterocycles. The molecule has 0 saturated carbocycles. The van der Waals surface area contributed by atoms with Crippen LogP contribution in [0.15, 0.2) is 24.3 Å². The van der Waals surface area contributed by atoms with Gasteiger partial charge in [0.15, 0.2) is 11.6 Å². The number of ketones is 2. The van der Waals surface area contributed by atoms with Crippen molar-refractivity contribution in [3.8, 4) is 11.5 Å². The van der Waals surface area contributed by atoms with Gasteiger partial charge in [0.25, 0.3) is 0 Å². The lowest BCUT2D eigenvalue weighted by atomic mass is 9.93. The molecule has 4 nitrogen and oxygen atoms in total. The Morgan fingerprint density at radius 3 is 2.14 bits per heavy atom. The van der Waals surface area contributed by atoms with Crippen LogP contribution < -0.4 is 5.11 Å². The number of carbonyl (C=O) groups is 2. The minimum absolute atomic E-state index is 0.190. The second-order valence-corrected chi connectivity index (χ2v) is 2.89. The Kier molecular flexibility index (Phi) is 1.64. The normalized spacial score (nSPS) is 14.3. The van der Waals surface area contributed by atoms with E-state index in [-0.39, 0.29) is 16.9 Å². The zero-order chi connectivity index (χ0) is 10.3. The van der Waals surface area contributed by atoms with Crippen LogP contribution in [0.1, 0.15) is 20.7 Å². The van der Waals surface area contributed by atoms with Gasteiger partial charge in [0, 0.05) is 5.56 Å². The molecule has 70 valence electrons. The first-order valence-electron chi connectivity index (χ1n) is 3.91. The van der Waals surface area contributed by atoms with Crippen molar-refractivity contribution in [2.75, 3.05) is 0 Å². The first-order chi connectivity index (χ1) is 6.61. The fraction of sp³-hybridized carbons (Fsp3) is 0. The minimum atomic E-state index is -0.541. The highest BCUT2D eigenvalue weighted by Gasteiger charge is 2.22. The summed E-state index contributed by atoms with van der Waals surface area (Å²) in [5.74, 6) is -1.93. The number of hydrogen-bond donors (Lipinski definition) is 1. The highest BCUT2D eigenvalue weighted by Crippen LogP contribution is 2.30. The van der Waals surface area contributed by atoms with E-state index < -0.39 is 17.3 Å². The SMILES string of the molecule is O=C1C=CC(=O)c2c(O)ccc([O-])c21. The zero-order valence-electron chi connectivity index (χ0n) is 6.98. The maximum absolute atomic E-state index is 11.3. The molecule has 1 aliphatic rings. The van der Waals surface area contributed by atoms with Gasteiger partial charge in [-0.3, -0.25) is 9.59 Å². The number of carbonyl (C=O) groups excluding carboxylic acids is 2. The monoisotopic (exact) mass is 189 g/mol. The quantitative estimate of drug-likeness (QED) is 0.640. The lowest BCUT2D eigenvalue weighted by Crippen LogP contribution is -2.14. The molecule has 0 spiro atoms.